The number of hydrogen-bond donors (Lipinski definition) is 1. The minimum atomic E-state index is -0.419. The maximum absolute atomic E-state index is 12.0. The number of hydrogen-bond acceptors (Lipinski definition) is 3. The molecule has 0 spiro atoms. The third-order valence-corrected chi connectivity index (χ3v) is 3.52. The van der Waals surface area contributed by atoms with Crippen LogP contribution < -0.4 is 5.73 Å². The highest BCUT2D eigenvalue weighted by Crippen LogP contribution is 2.37. The molecule has 92 valence electrons. The van der Waals surface area contributed by atoms with E-state index in [2.05, 4.69) is 0 Å². The van der Waals surface area contributed by atoms with Gasteiger partial charge in [0.25, 0.3) is 0 Å². The predicted octanol–water partition coefficient (Wildman–Crippen LogP) is 1.73. The number of nitrogens with two attached hydrogens (primary N) is 1. The number of rotatable bonds is 0. The summed E-state index contributed by atoms with van der Waals surface area (Å²) in [7, 11) is 0. The SMILES string of the molecule is CC(C)(C)OC(=O)N1CCC2CCC(N)C21. The van der Waals surface area contributed by atoms with Gasteiger partial charge in [0.15, 0.2) is 0 Å². The third kappa shape index (κ3) is 2.17. The first-order chi connectivity index (χ1) is 7.38. The second kappa shape index (κ2) is 3.91. The lowest BCUT2D eigenvalue weighted by atomic mass is 10.0. The molecule has 4 nitrogen and oxygen atoms in total. The highest BCUT2D eigenvalue weighted by molar-refractivity contribution is 5.69. The van der Waals surface area contributed by atoms with Gasteiger partial charge in [-0.3, -0.25) is 0 Å². The zero-order valence-electron chi connectivity index (χ0n) is 10.4. The van der Waals surface area contributed by atoms with Crippen molar-refractivity contribution >= 4 is 6.09 Å². The van der Waals surface area contributed by atoms with Crippen LogP contribution in [0.3, 0.4) is 0 Å². The molecule has 1 saturated carbocycles. The second-order valence-corrected chi connectivity index (χ2v) is 5.95. The average molecular weight is 226 g/mol. The fourth-order valence-electron chi connectivity index (χ4n) is 2.89. The van der Waals surface area contributed by atoms with Crippen molar-refractivity contribution in [3.8, 4) is 0 Å². The van der Waals surface area contributed by atoms with Crippen molar-refractivity contribution in [1.82, 2.24) is 4.90 Å². The minimum absolute atomic E-state index is 0.139. The summed E-state index contributed by atoms with van der Waals surface area (Å²) in [6.45, 7) is 6.49. The highest BCUT2D eigenvalue weighted by Gasteiger charge is 2.45. The van der Waals surface area contributed by atoms with Crippen LogP contribution >= 0.6 is 0 Å². The van der Waals surface area contributed by atoms with Gasteiger partial charge in [-0.2, -0.15) is 0 Å². The van der Waals surface area contributed by atoms with Crippen LogP contribution in [0, 0.1) is 5.92 Å². The lowest BCUT2D eigenvalue weighted by Gasteiger charge is -2.30. The Labute approximate surface area is 97.1 Å². The van der Waals surface area contributed by atoms with Gasteiger partial charge in [0.2, 0.25) is 0 Å². The first kappa shape index (κ1) is 11.7. The van der Waals surface area contributed by atoms with Crippen LogP contribution in [0.2, 0.25) is 0 Å². The first-order valence-corrected chi connectivity index (χ1v) is 6.14. The van der Waals surface area contributed by atoms with E-state index in [1.54, 1.807) is 0 Å². The molecule has 1 heterocycles. The third-order valence-electron chi connectivity index (χ3n) is 3.52. The molecular formula is C12H22N2O2. The Kier molecular flexibility index (Phi) is 2.86. The Morgan fingerprint density at radius 1 is 1.31 bits per heavy atom. The topological polar surface area (TPSA) is 55.6 Å². The Hall–Kier alpha value is -0.770. The molecule has 3 unspecified atom stereocenters. The van der Waals surface area contributed by atoms with Crippen molar-refractivity contribution < 1.29 is 9.53 Å². The van der Waals surface area contributed by atoms with E-state index < -0.39 is 5.60 Å². The number of fused-ring (bicyclic) bond motifs is 1. The zero-order valence-corrected chi connectivity index (χ0v) is 10.4. The van der Waals surface area contributed by atoms with Crippen molar-refractivity contribution in [2.45, 2.75) is 57.7 Å². The summed E-state index contributed by atoms with van der Waals surface area (Å²) in [5.74, 6) is 0.600. The van der Waals surface area contributed by atoms with Crippen LogP contribution in [-0.2, 0) is 4.74 Å². The number of ether oxygens (including phenoxy) is 1. The van der Waals surface area contributed by atoms with Crippen molar-refractivity contribution in [3.63, 3.8) is 0 Å². The smallest absolute Gasteiger partial charge is 0.410 e. The van der Waals surface area contributed by atoms with E-state index in [1.807, 2.05) is 25.7 Å². The Morgan fingerprint density at radius 2 is 2.00 bits per heavy atom. The fraction of sp³-hybridized carbons (Fsp3) is 0.917. The molecule has 1 aliphatic carbocycles. The van der Waals surface area contributed by atoms with Crippen molar-refractivity contribution in [1.29, 1.82) is 0 Å². The van der Waals surface area contributed by atoms with Gasteiger partial charge in [-0.15, -0.1) is 0 Å². The van der Waals surface area contributed by atoms with Crippen LogP contribution in [0.15, 0.2) is 0 Å². The standard InChI is InChI=1S/C12H22N2O2/c1-12(2,3)16-11(15)14-7-6-8-4-5-9(13)10(8)14/h8-10H,4-7,13H2,1-3H3. The predicted molar refractivity (Wildman–Crippen MR) is 62.0 cm³/mol. The summed E-state index contributed by atoms with van der Waals surface area (Å²) in [4.78, 5) is 13.8. The second-order valence-electron chi connectivity index (χ2n) is 5.95. The van der Waals surface area contributed by atoms with Crippen molar-refractivity contribution in [2.24, 2.45) is 11.7 Å². The molecule has 0 aromatic heterocycles. The quantitative estimate of drug-likeness (QED) is 0.684. The largest absolute Gasteiger partial charge is 0.444 e. The van der Waals surface area contributed by atoms with E-state index in [-0.39, 0.29) is 18.2 Å². The van der Waals surface area contributed by atoms with Gasteiger partial charge in [0.1, 0.15) is 5.60 Å². The maximum Gasteiger partial charge on any atom is 0.410 e. The van der Waals surface area contributed by atoms with Gasteiger partial charge in [0, 0.05) is 12.6 Å². The molecule has 0 aromatic rings. The van der Waals surface area contributed by atoms with E-state index in [9.17, 15) is 4.79 Å². The Balaban J connectivity index is 2.02. The zero-order chi connectivity index (χ0) is 11.9. The van der Waals surface area contributed by atoms with Crippen LogP contribution in [0.25, 0.3) is 0 Å². The average Bonchev–Trinajstić information content (AvgIpc) is 2.66. The molecule has 0 bridgehead atoms. The van der Waals surface area contributed by atoms with E-state index in [0.29, 0.717) is 5.92 Å². The fourth-order valence-corrected chi connectivity index (χ4v) is 2.89. The lowest BCUT2D eigenvalue weighted by molar-refractivity contribution is 0.0206. The molecular weight excluding hydrogens is 204 g/mol. The molecule has 2 rings (SSSR count). The molecule has 4 heteroatoms. The summed E-state index contributed by atoms with van der Waals surface area (Å²) < 4.78 is 5.41. The summed E-state index contributed by atoms with van der Waals surface area (Å²) in [6, 6.07) is 0.356. The van der Waals surface area contributed by atoms with E-state index in [0.717, 1.165) is 25.8 Å². The monoisotopic (exact) mass is 226 g/mol. The minimum Gasteiger partial charge on any atom is -0.444 e. The number of amides is 1. The number of likely N-dealkylation sites (tertiary alicyclic amines) is 1. The van der Waals surface area contributed by atoms with Gasteiger partial charge < -0.3 is 15.4 Å². The Bertz CT molecular complexity index is 285. The molecule has 2 fully saturated rings. The van der Waals surface area contributed by atoms with Crippen molar-refractivity contribution in [2.75, 3.05) is 6.54 Å². The van der Waals surface area contributed by atoms with Crippen molar-refractivity contribution in [3.05, 3.63) is 0 Å². The molecule has 0 aromatic carbocycles. The van der Waals surface area contributed by atoms with Crippen LogP contribution in [0.5, 0.6) is 0 Å². The molecule has 2 N–H and O–H groups in total. The Morgan fingerprint density at radius 3 is 2.62 bits per heavy atom. The lowest BCUT2D eigenvalue weighted by Crippen LogP contribution is -2.47. The molecule has 0 radical (unpaired) electrons. The van der Waals surface area contributed by atoms with Gasteiger partial charge in [-0.1, -0.05) is 0 Å². The number of carbonyl (C=O) groups is 1. The molecule has 1 saturated heterocycles. The van der Waals surface area contributed by atoms with Gasteiger partial charge >= 0.3 is 6.09 Å². The summed E-state index contributed by atoms with van der Waals surface area (Å²) in [5.41, 5.74) is 5.64. The van der Waals surface area contributed by atoms with Crippen LogP contribution in [0.4, 0.5) is 4.79 Å². The number of carbonyl (C=O) groups excluding carboxylic acids is 1. The van der Waals surface area contributed by atoms with E-state index in [4.69, 9.17) is 10.5 Å². The molecule has 1 aliphatic heterocycles. The van der Waals surface area contributed by atoms with E-state index >= 15 is 0 Å². The van der Waals surface area contributed by atoms with E-state index in [1.165, 1.54) is 0 Å². The molecule has 16 heavy (non-hydrogen) atoms. The highest BCUT2D eigenvalue weighted by atomic mass is 16.6. The first-order valence-electron chi connectivity index (χ1n) is 6.14. The van der Waals surface area contributed by atoms with Gasteiger partial charge in [-0.05, 0) is 46.0 Å². The molecule has 1 amide bonds. The number of nitrogens with zero attached hydrogens (tertiary/aromatic N) is 1. The summed E-state index contributed by atoms with van der Waals surface area (Å²) in [6.07, 6.45) is 3.08. The van der Waals surface area contributed by atoms with Crippen LogP contribution in [-0.4, -0.2) is 35.2 Å². The molecule has 3 atom stereocenters. The molecule has 2 aliphatic rings. The summed E-state index contributed by atoms with van der Waals surface area (Å²) in [5, 5.41) is 0. The van der Waals surface area contributed by atoms with Gasteiger partial charge in [-0.25, -0.2) is 4.79 Å². The van der Waals surface area contributed by atoms with Crippen LogP contribution in [0.1, 0.15) is 40.0 Å². The van der Waals surface area contributed by atoms with Gasteiger partial charge in [0.05, 0.1) is 6.04 Å². The normalized spacial score (nSPS) is 34.0. The summed E-state index contributed by atoms with van der Waals surface area (Å²) >= 11 is 0. The maximum atomic E-state index is 12.0.